The van der Waals surface area contributed by atoms with Crippen molar-refractivity contribution in [1.82, 2.24) is 0 Å². The average molecular weight is 587 g/mol. The Hall–Kier alpha value is -1.44. The first-order valence-corrected chi connectivity index (χ1v) is 11.5. The lowest BCUT2D eigenvalue weighted by atomic mass is 10.1. The van der Waals surface area contributed by atoms with Gasteiger partial charge in [-0.2, -0.15) is 0 Å². The molecule has 0 aliphatic heterocycles. The molecular weight excluding hydrogens is 565 g/mol. The van der Waals surface area contributed by atoms with E-state index in [1.807, 2.05) is 62.4 Å². The monoisotopic (exact) mass is 585 g/mol. The highest BCUT2D eigenvalue weighted by atomic mass is 127. The number of hydrogen-bond donors (Lipinski definition) is 1. The molecule has 0 aliphatic rings. The lowest BCUT2D eigenvalue weighted by Crippen LogP contribution is -2.05. The van der Waals surface area contributed by atoms with E-state index in [1.54, 1.807) is 0 Å². The van der Waals surface area contributed by atoms with Gasteiger partial charge in [0.25, 0.3) is 0 Å². The molecule has 29 heavy (non-hydrogen) atoms. The van der Waals surface area contributed by atoms with E-state index in [1.165, 1.54) is 0 Å². The summed E-state index contributed by atoms with van der Waals surface area (Å²) < 4.78 is 14.1. The van der Waals surface area contributed by atoms with E-state index in [9.17, 15) is 0 Å². The van der Waals surface area contributed by atoms with Gasteiger partial charge in [0.05, 0.1) is 10.2 Å². The van der Waals surface area contributed by atoms with Crippen LogP contribution in [0.25, 0.3) is 0 Å². The summed E-state index contributed by atoms with van der Waals surface area (Å²) in [5, 5.41) is 4.22. The van der Waals surface area contributed by atoms with Gasteiger partial charge in [-0.3, -0.25) is 0 Å². The van der Waals surface area contributed by atoms with Crippen molar-refractivity contribution in [2.24, 2.45) is 0 Å². The molecule has 0 amide bonds. The van der Waals surface area contributed by atoms with Gasteiger partial charge in [0.2, 0.25) is 0 Å². The van der Waals surface area contributed by atoms with Crippen LogP contribution in [0.4, 0.5) is 5.69 Å². The predicted molar refractivity (Wildman–Crippen MR) is 132 cm³/mol. The molecule has 6 heteroatoms. The highest BCUT2D eigenvalue weighted by Gasteiger charge is 2.13. The zero-order valence-corrected chi connectivity index (χ0v) is 20.8. The Morgan fingerprint density at radius 3 is 2.52 bits per heavy atom. The van der Waals surface area contributed by atoms with Gasteiger partial charge in [-0.1, -0.05) is 45.7 Å². The number of hydrogen-bond acceptors (Lipinski definition) is 3. The molecule has 0 atom stereocenters. The number of rotatable bonds is 8. The molecule has 0 heterocycles. The van der Waals surface area contributed by atoms with Gasteiger partial charge in [-0.15, -0.1) is 0 Å². The van der Waals surface area contributed by atoms with Crippen LogP contribution in [0.1, 0.15) is 23.6 Å². The normalized spacial score (nSPS) is 10.7. The zero-order chi connectivity index (χ0) is 20.8. The zero-order valence-electron chi connectivity index (χ0n) is 16.3. The van der Waals surface area contributed by atoms with Crippen LogP contribution in [-0.4, -0.2) is 6.61 Å². The third kappa shape index (κ3) is 6.03. The second-order valence-corrected chi connectivity index (χ2v) is 9.00. The van der Waals surface area contributed by atoms with Gasteiger partial charge < -0.3 is 14.8 Å². The number of halogens is 3. The van der Waals surface area contributed by atoms with Crippen molar-refractivity contribution < 1.29 is 9.47 Å². The molecule has 1 N–H and O–H groups in total. The first-order valence-electron chi connectivity index (χ1n) is 9.29. The van der Waals surface area contributed by atoms with Crippen molar-refractivity contribution in [1.29, 1.82) is 0 Å². The van der Waals surface area contributed by atoms with E-state index >= 15 is 0 Å². The molecule has 3 aromatic rings. The molecule has 0 spiro atoms. The van der Waals surface area contributed by atoms with Gasteiger partial charge in [-0.25, -0.2) is 0 Å². The van der Waals surface area contributed by atoms with Crippen molar-refractivity contribution >= 4 is 55.8 Å². The topological polar surface area (TPSA) is 30.5 Å². The fourth-order valence-electron chi connectivity index (χ4n) is 2.86. The van der Waals surface area contributed by atoms with Crippen molar-refractivity contribution in [2.45, 2.75) is 27.0 Å². The maximum absolute atomic E-state index is 6.22. The third-order valence-corrected chi connectivity index (χ3v) is 6.16. The SMILES string of the molecule is CCOc1cc(CNc2cccc(Cl)c2C)cc(I)c1OCc1ccc(Br)cc1. The second kappa shape index (κ2) is 10.5. The van der Waals surface area contributed by atoms with E-state index in [-0.39, 0.29) is 0 Å². The molecule has 0 aromatic heterocycles. The van der Waals surface area contributed by atoms with Crippen LogP contribution in [0, 0.1) is 10.5 Å². The van der Waals surface area contributed by atoms with Gasteiger partial charge in [0.15, 0.2) is 11.5 Å². The minimum atomic E-state index is 0.489. The highest BCUT2D eigenvalue weighted by Crippen LogP contribution is 2.35. The van der Waals surface area contributed by atoms with E-state index in [4.69, 9.17) is 21.1 Å². The molecule has 0 unspecified atom stereocenters. The van der Waals surface area contributed by atoms with Crippen molar-refractivity contribution in [3.8, 4) is 11.5 Å². The van der Waals surface area contributed by atoms with Gasteiger partial charge >= 0.3 is 0 Å². The van der Waals surface area contributed by atoms with Crippen LogP contribution < -0.4 is 14.8 Å². The Balaban J connectivity index is 1.76. The molecule has 3 rings (SSSR count). The fourth-order valence-corrected chi connectivity index (χ4v) is 4.12. The minimum Gasteiger partial charge on any atom is -0.490 e. The number of benzene rings is 3. The number of anilines is 1. The van der Waals surface area contributed by atoms with Crippen molar-refractivity contribution in [2.75, 3.05) is 11.9 Å². The lowest BCUT2D eigenvalue weighted by molar-refractivity contribution is 0.267. The summed E-state index contributed by atoms with van der Waals surface area (Å²) in [4.78, 5) is 0. The highest BCUT2D eigenvalue weighted by molar-refractivity contribution is 14.1. The maximum atomic E-state index is 6.22. The average Bonchev–Trinajstić information content (AvgIpc) is 2.70. The molecule has 3 nitrogen and oxygen atoms in total. The summed E-state index contributed by atoms with van der Waals surface area (Å²) in [6, 6.07) is 18.2. The van der Waals surface area contributed by atoms with E-state index < -0.39 is 0 Å². The summed E-state index contributed by atoms with van der Waals surface area (Å²) >= 11 is 12.0. The summed E-state index contributed by atoms with van der Waals surface area (Å²) in [5.74, 6) is 1.54. The van der Waals surface area contributed by atoms with Crippen LogP contribution in [-0.2, 0) is 13.2 Å². The smallest absolute Gasteiger partial charge is 0.174 e. The van der Waals surface area contributed by atoms with E-state index in [0.717, 1.165) is 46.9 Å². The fraction of sp³-hybridized carbons (Fsp3) is 0.217. The molecule has 0 radical (unpaired) electrons. The summed E-state index contributed by atoms with van der Waals surface area (Å²) in [5.41, 5.74) is 4.30. The standard InChI is InChI=1S/C23H22BrClINO2/c1-3-28-22-12-17(13-27-21-6-4-5-19(25)15(21)2)11-20(26)23(22)29-14-16-7-9-18(24)10-8-16/h4-12,27H,3,13-14H2,1-2H3. The maximum Gasteiger partial charge on any atom is 0.174 e. The van der Waals surface area contributed by atoms with Crippen LogP contribution in [0.15, 0.2) is 59.1 Å². The second-order valence-electron chi connectivity index (χ2n) is 6.52. The molecule has 152 valence electrons. The van der Waals surface area contributed by atoms with Crippen LogP contribution >= 0.6 is 50.1 Å². The molecule has 0 bridgehead atoms. The molecule has 0 saturated carbocycles. The minimum absolute atomic E-state index is 0.489. The van der Waals surface area contributed by atoms with E-state index in [0.29, 0.717) is 19.8 Å². The molecule has 0 saturated heterocycles. The first-order chi connectivity index (χ1) is 14.0. The largest absolute Gasteiger partial charge is 0.490 e. The number of nitrogens with one attached hydrogen (secondary N) is 1. The van der Waals surface area contributed by atoms with Crippen LogP contribution in [0.5, 0.6) is 11.5 Å². The van der Waals surface area contributed by atoms with Crippen LogP contribution in [0.2, 0.25) is 5.02 Å². The summed E-state index contributed by atoms with van der Waals surface area (Å²) in [6.07, 6.45) is 0. The quantitative estimate of drug-likeness (QED) is 0.276. The molecular formula is C23H22BrClINO2. The Morgan fingerprint density at radius 1 is 1.03 bits per heavy atom. The Kier molecular flexibility index (Phi) is 8.09. The van der Waals surface area contributed by atoms with Crippen molar-refractivity contribution in [3.63, 3.8) is 0 Å². The number of ether oxygens (including phenoxy) is 2. The Morgan fingerprint density at radius 2 is 1.79 bits per heavy atom. The van der Waals surface area contributed by atoms with E-state index in [2.05, 4.69) is 49.9 Å². The molecule has 3 aromatic carbocycles. The lowest BCUT2D eigenvalue weighted by Gasteiger charge is -2.17. The molecule has 0 fully saturated rings. The third-order valence-electron chi connectivity index (χ3n) is 4.42. The molecule has 0 aliphatic carbocycles. The van der Waals surface area contributed by atoms with Crippen molar-refractivity contribution in [3.05, 3.63) is 84.4 Å². The predicted octanol–water partition coefficient (Wildman–Crippen LogP) is 7.61. The Bertz CT molecular complexity index is 979. The first kappa shape index (κ1) is 22.2. The van der Waals surface area contributed by atoms with Crippen LogP contribution in [0.3, 0.4) is 0 Å². The van der Waals surface area contributed by atoms with Gasteiger partial charge in [0.1, 0.15) is 6.61 Å². The van der Waals surface area contributed by atoms with Gasteiger partial charge in [-0.05, 0) is 89.5 Å². The summed E-state index contributed by atoms with van der Waals surface area (Å²) in [6.45, 7) is 5.73. The van der Waals surface area contributed by atoms with Gasteiger partial charge in [0, 0.05) is 21.7 Å². The summed E-state index contributed by atoms with van der Waals surface area (Å²) in [7, 11) is 0. The Labute approximate surface area is 199 Å².